The molecular weight excluding hydrogens is 352 g/mol. The van der Waals surface area contributed by atoms with Crippen molar-refractivity contribution in [1.29, 1.82) is 5.26 Å². The van der Waals surface area contributed by atoms with Gasteiger partial charge in [-0.1, -0.05) is 6.07 Å². The monoisotopic (exact) mass is 364 g/mol. The van der Waals surface area contributed by atoms with Gasteiger partial charge in [0.15, 0.2) is 0 Å². The highest BCUT2D eigenvalue weighted by atomic mass is 79.9. The molecule has 6 heteroatoms. The zero-order chi connectivity index (χ0) is 15.6. The van der Waals surface area contributed by atoms with Crippen LogP contribution < -0.4 is 4.72 Å². The lowest BCUT2D eigenvalue weighted by molar-refractivity contribution is 0.601. The fraction of sp³-hybridized carbons (Fsp3) is 0.133. The number of benzene rings is 2. The van der Waals surface area contributed by atoms with Crippen LogP contribution in [-0.2, 0) is 10.0 Å². The first kappa shape index (κ1) is 15.5. The molecule has 0 unspecified atom stereocenters. The van der Waals surface area contributed by atoms with E-state index in [1.807, 2.05) is 19.1 Å². The SMILES string of the molecule is Cc1ccc(Br)c(NS(=O)(=O)c2ccc(C#N)c(C)c2)c1. The van der Waals surface area contributed by atoms with Gasteiger partial charge < -0.3 is 0 Å². The topological polar surface area (TPSA) is 70.0 Å². The van der Waals surface area contributed by atoms with E-state index < -0.39 is 10.0 Å². The number of hydrogen-bond donors (Lipinski definition) is 1. The molecule has 0 saturated heterocycles. The molecule has 2 rings (SSSR count). The maximum Gasteiger partial charge on any atom is 0.261 e. The molecule has 0 bridgehead atoms. The lowest BCUT2D eigenvalue weighted by atomic mass is 10.1. The Hall–Kier alpha value is -1.84. The first-order valence-electron chi connectivity index (χ1n) is 6.13. The van der Waals surface area contributed by atoms with E-state index in [1.165, 1.54) is 18.2 Å². The fourth-order valence-electron chi connectivity index (χ4n) is 1.85. The average molecular weight is 365 g/mol. The van der Waals surface area contributed by atoms with Gasteiger partial charge in [-0.25, -0.2) is 8.42 Å². The number of nitrogens with zero attached hydrogens (tertiary/aromatic N) is 1. The Kier molecular flexibility index (Phi) is 4.35. The predicted molar refractivity (Wildman–Crippen MR) is 85.6 cm³/mol. The first-order chi connectivity index (χ1) is 9.83. The highest BCUT2D eigenvalue weighted by molar-refractivity contribution is 9.10. The Morgan fingerprint density at radius 2 is 1.86 bits per heavy atom. The molecule has 0 fully saturated rings. The maximum atomic E-state index is 12.4. The third-order valence-corrected chi connectivity index (χ3v) is 5.05. The summed E-state index contributed by atoms with van der Waals surface area (Å²) in [5.74, 6) is 0. The van der Waals surface area contributed by atoms with Gasteiger partial charge in [-0.3, -0.25) is 4.72 Å². The molecule has 0 heterocycles. The Balaban J connectivity index is 2.41. The highest BCUT2D eigenvalue weighted by Crippen LogP contribution is 2.26. The van der Waals surface area contributed by atoms with Crippen LogP contribution in [0, 0.1) is 25.2 Å². The van der Waals surface area contributed by atoms with Gasteiger partial charge in [0.05, 0.1) is 22.2 Å². The van der Waals surface area contributed by atoms with Gasteiger partial charge in [0.2, 0.25) is 0 Å². The van der Waals surface area contributed by atoms with E-state index in [4.69, 9.17) is 5.26 Å². The number of anilines is 1. The van der Waals surface area contributed by atoms with Crippen LogP contribution in [0.2, 0.25) is 0 Å². The third-order valence-electron chi connectivity index (χ3n) is 2.99. The lowest BCUT2D eigenvalue weighted by Crippen LogP contribution is -2.13. The highest BCUT2D eigenvalue weighted by Gasteiger charge is 2.16. The standard InChI is InChI=1S/C15H13BrN2O2S/c1-10-3-6-14(16)15(7-10)18-21(19,20)13-5-4-12(9-17)11(2)8-13/h3-8,18H,1-2H3. The molecule has 2 aromatic rings. The van der Waals surface area contributed by atoms with Gasteiger partial charge in [0, 0.05) is 4.47 Å². The summed E-state index contributed by atoms with van der Waals surface area (Å²) in [4.78, 5) is 0.132. The van der Waals surface area contributed by atoms with Crippen molar-refractivity contribution in [2.75, 3.05) is 4.72 Å². The summed E-state index contributed by atoms with van der Waals surface area (Å²) in [6.07, 6.45) is 0. The lowest BCUT2D eigenvalue weighted by Gasteiger charge is -2.11. The summed E-state index contributed by atoms with van der Waals surface area (Å²) in [7, 11) is -3.69. The van der Waals surface area contributed by atoms with Gasteiger partial charge in [-0.2, -0.15) is 5.26 Å². The number of sulfonamides is 1. The van der Waals surface area contributed by atoms with E-state index in [2.05, 4.69) is 20.7 Å². The smallest absolute Gasteiger partial charge is 0.261 e. The second-order valence-electron chi connectivity index (χ2n) is 4.68. The summed E-state index contributed by atoms with van der Waals surface area (Å²) in [5, 5.41) is 8.89. The van der Waals surface area contributed by atoms with Crippen LogP contribution in [0.1, 0.15) is 16.7 Å². The molecule has 0 amide bonds. The van der Waals surface area contributed by atoms with E-state index >= 15 is 0 Å². The molecule has 0 aliphatic carbocycles. The van der Waals surface area contributed by atoms with Crippen LogP contribution in [0.4, 0.5) is 5.69 Å². The largest absolute Gasteiger partial charge is 0.278 e. The number of aryl methyl sites for hydroxylation is 2. The molecule has 0 radical (unpaired) electrons. The summed E-state index contributed by atoms with van der Waals surface area (Å²) < 4.78 is 28.0. The normalized spacial score (nSPS) is 11.0. The Labute approximate surface area is 132 Å². The van der Waals surface area contributed by atoms with Gasteiger partial charge >= 0.3 is 0 Å². The van der Waals surface area contributed by atoms with Gasteiger partial charge in [-0.05, 0) is 71.2 Å². The molecule has 1 N–H and O–H groups in total. The zero-order valence-electron chi connectivity index (χ0n) is 11.5. The molecule has 0 saturated carbocycles. The second-order valence-corrected chi connectivity index (χ2v) is 7.21. The second kappa shape index (κ2) is 5.88. The quantitative estimate of drug-likeness (QED) is 0.901. The van der Waals surface area contributed by atoms with Crippen LogP contribution in [0.15, 0.2) is 45.8 Å². The molecule has 2 aromatic carbocycles. The van der Waals surface area contributed by atoms with E-state index in [0.29, 0.717) is 21.3 Å². The minimum absolute atomic E-state index is 0.132. The van der Waals surface area contributed by atoms with Gasteiger partial charge in [0.25, 0.3) is 10.0 Å². The van der Waals surface area contributed by atoms with E-state index in [9.17, 15) is 8.42 Å². The molecule has 0 aliphatic rings. The average Bonchev–Trinajstić information content (AvgIpc) is 2.42. The van der Waals surface area contributed by atoms with Crippen molar-refractivity contribution in [3.05, 3.63) is 57.6 Å². The molecule has 108 valence electrons. The zero-order valence-corrected chi connectivity index (χ0v) is 13.9. The number of rotatable bonds is 3. The van der Waals surface area contributed by atoms with E-state index in [0.717, 1.165) is 5.56 Å². The summed E-state index contributed by atoms with van der Waals surface area (Å²) in [6.45, 7) is 3.59. The molecule has 21 heavy (non-hydrogen) atoms. The molecule has 0 aliphatic heterocycles. The van der Waals surface area contributed by atoms with Crippen molar-refractivity contribution in [1.82, 2.24) is 0 Å². The molecular formula is C15H13BrN2O2S. The van der Waals surface area contributed by atoms with Crippen molar-refractivity contribution in [2.24, 2.45) is 0 Å². The van der Waals surface area contributed by atoms with Crippen molar-refractivity contribution in [2.45, 2.75) is 18.7 Å². The molecule has 0 atom stereocenters. The minimum Gasteiger partial charge on any atom is -0.278 e. The molecule has 0 spiro atoms. The van der Waals surface area contributed by atoms with E-state index in [1.54, 1.807) is 19.1 Å². The molecule has 4 nitrogen and oxygen atoms in total. The fourth-order valence-corrected chi connectivity index (χ4v) is 3.48. The van der Waals surface area contributed by atoms with E-state index in [-0.39, 0.29) is 4.90 Å². The number of nitriles is 1. The third kappa shape index (κ3) is 3.43. The summed E-state index contributed by atoms with van der Waals surface area (Å²) in [5.41, 5.74) is 2.53. The Morgan fingerprint density at radius 1 is 1.14 bits per heavy atom. The number of nitrogens with one attached hydrogen (secondary N) is 1. The number of halogens is 1. The first-order valence-corrected chi connectivity index (χ1v) is 8.41. The minimum atomic E-state index is -3.69. The summed E-state index contributed by atoms with van der Waals surface area (Å²) in [6, 6.07) is 11.9. The van der Waals surface area contributed by atoms with Crippen molar-refractivity contribution in [3.63, 3.8) is 0 Å². The van der Waals surface area contributed by atoms with Crippen LogP contribution in [0.5, 0.6) is 0 Å². The Bertz CT molecular complexity index is 839. The predicted octanol–water partition coefficient (Wildman–Crippen LogP) is 3.74. The van der Waals surface area contributed by atoms with Crippen molar-refractivity contribution < 1.29 is 8.42 Å². The van der Waals surface area contributed by atoms with Gasteiger partial charge in [0.1, 0.15) is 0 Å². The molecule has 0 aromatic heterocycles. The Morgan fingerprint density at radius 3 is 2.48 bits per heavy atom. The van der Waals surface area contributed by atoms with Crippen LogP contribution in [0.3, 0.4) is 0 Å². The maximum absolute atomic E-state index is 12.4. The van der Waals surface area contributed by atoms with Crippen LogP contribution >= 0.6 is 15.9 Å². The number of hydrogen-bond acceptors (Lipinski definition) is 3. The van der Waals surface area contributed by atoms with Crippen LogP contribution in [-0.4, -0.2) is 8.42 Å². The van der Waals surface area contributed by atoms with Crippen molar-refractivity contribution in [3.8, 4) is 6.07 Å². The summed E-state index contributed by atoms with van der Waals surface area (Å²) >= 11 is 3.32. The van der Waals surface area contributed by atoms with Gasteiger partial charge in [-0.15, -0.1) is 0 Å². The van der Waals surface area contributed by atoms with Crippen LogP contribution in [0.25, 0.3) is 0 Å². The van der Waals surface area contributed by atoms with Crippen molar-refractivity contribution >= 4 is 31.6 Å².